The third kappa shape index (κ3) is 3.85. The third-order valence-electron chi connectivity index (χ3n) is 4.89. The summed E-state index contributed by atoms with van der Waals surface area (Å²) in [4.78, 5) is 12.5. The van der Waals surface area contributed by atoms with Crippen molar-refractivity contribution < 1.29 is 14.6 Å². The Hall–Kier alpha value is -2.34. The van der Waals surface area contributed by atoms with E-state index in [0.717, 1.165) is 18.5 Å². The van der Waals surface area contributed by atoms with Gasteiger partial charge in [-0.2, -0.15) is 5.10 Å². The number of carbonyl (C=O) groups excluding carboxylic acids is 1. The second kappa shape index (κ2) is 7.70. The first-order valence-electron chi connectivity index (χ1n) is 8.74. The molecule has 3 rings (SSSR count). The molecule has 1 unspecified atom stereocenters. The van der Waals surface area contributed by atoms with Crippen LogP contribution in [0.2, 0.25) is 0 Å². The van der Waals surface area contributed by atoms with Crippen molar-refractivity contribution in [3.05, 3.63) is 47.3 Å². The number of nitrogens with one attached hydrogen (secondary N) is 1. The van der Waals surface area contributed by atoms with Crippen LogP contribution >= 0.6 is 0 Å². The molecule has 0 spiro atoms. The number of aromatic nitrogens is 2. The maximum absolute atomic E-state index is 12.5. The van der Waals surface area contributed by atoms with Gasteiger partial charge in [0.25, 0.3) is 5.91 Å². The lowest BCUT2D eigenvalue weighted by molar-refractivity contribution is 0.0915. The Bertz CT molecular complexity index is 735. The fourth-order valence-corrected chi connectivity index (χ4v) is 3.41. The number of methoxy groups -OCH3 is 1. The molecule has 0 radical (unpaired) electrons. The number of amides is 1. The average Bonchev–Trinajstić information content (AvgIpc) is 3.28. The number of ether oxygens (including phenoxy) is 1. The second-order valence-electron chi connectivity index (χ2n) is 6.53. The molecule has 1 fully saturated rings. The molecule has 1 atom stereocenters. The van der Waals surface area contributed by atoms with Crippen LogP contribution in [0.15, 0.2) is 30.5 Å². The van der Waals surface area contributed by atoms with E-state index in [1.165, 1.54) is 12.8 Å². The smallest absolute Gasteiger partial charge is 0.254 e. The van der Waals surface area contributed by atoms with Gasteiger partial charge in [0.15, 0.2) is 0 Å². The fraction of sp³-hybridized carbons (Fsp3) is 0.474. The highest BCUT2D eigenvalue weighted by atomic mass is 16.5. The minimum atomic E-state index is -0.788. The molecule has 0 saturated heterocycles. The number of benzene rings is 1. The average molecular weight is 343 g/mol. The minimum Gasteiger partial charge on any atom is -0.497 e. The van der Waals surface area contributed by atoms with E-state index in [1.807, 2.05) is 29.8 Å². The van der Waals surface area contributed by atoms with E-state index in [0.29, 0.717) is 22.9 Å². The van der Waals surface area contributed by atoms with Gasteiger partial charge in [-0.1, -0.05) is 25.0 Å². The van der Waals surface area contributed by atoms with E-state index in [4.69, 9.17) is 4.74 Å². The summed E-state index contributed by atoms with van der Waals surface area (Å²) in [6.45, 7) is 2.07. The molecule has 25 heavy (non-hydrogen) atoms. The van der Waals surface area contributed by atoms with Crippen LogP contribution in [-0.4, -0.2) is 34.4 Å². The maximum atomic E-state index is 12.5. The highest BCUT2D eigenvalue weighted by Gasteiger charge is 2.22. The van der Waals surface area contributed by atoms with Gasteiger partial charge in [0.2, 0.25) is 0 Å². The number of aliphatic hydroxyl groups is 1. The van der Waals surface area contributed by atoms with E-state index in [2.05, 4.69) is 10.4 Å². The monoisotopic (exact) mass is 343 g/mol. The topological polar surface area (TPSA) is 76.4 Å². The molecule has 2 N–H and O–H groups in total. The van der Waals surface area contributed by atoms with Crippen LogP contribution in [0.3, 0.4) is 0 Å². The van der Waals surface area contributed by atoms with Crippen LogP contribution in [-0.2, 0) is 0 Å². The molecule has 1 saturated carbocycles. The van der Waals surface area contributed by atoms with Gasteiger partial charge in [0.05, 0.1) is 31.0 Å². The standard InChI is InChI=1S/C19H25N3O3/c1-13-17(11-21-22(13)15-7-3-4-8-15)19(24)20-12-18(23)14-6-5-9-16(10-14)25-2/h5-6,9-11,15,18,23H,3-4,7-8,12H2,1-2H3,(H,20,24). The second-order valence-corrected chi connectivity index (χ2v) is 6.53. The van der Waals surface area contributed by atoms with Gasteiger partial charge in [0.1, 0.15) is 5.75 Å². The predicted molar refractivity (Wildman–Crippen MR) is 94.8 cm³/mol. The Morgan fingerprint density at radius 3 is 2.92 bits per heavy atom. The van der Waals surface area contributed by atoms with Crippen LogP contribution in [0, 0.1) is 6.92 Å². The summed E-state index contributed by atoms with van der Waals surface area (Å²) in [6, 6.07) is 7.61. The lowest BCUT2D eigenvalue weighted by atomic mass is 10.1. The number of nitrogens with zero attached hydrogens (tertiary/aromatic N) is 2. The molecule has 1 aromatic heterocycles. The summed E-state index contributed by atoms with van der Waals surface area (Å²) in [6.07, 6.45) is 5.53. The Morgan fingerprint density at radius 2 is 2.20 bits per heavy atom. The van der Waals surface area contributed by atoms with Gasteiger partial charge in [-0.15, -0.1) is 0 Å². The molecule has 1 aromatic carbocycles. The SMILES string of the molecule is COc1cccc(C(O)CNC(=O)c2cnn(C3CCCC3)c2C)c1. The van der Waals surface area contributed by atoms with Crippen molar-refractivity contribution >= 4 is 5.91 Å². The lowest BCUT2D eigenvalue weighted by Crippen LogP contribution is -2.28. The highest BCUT2D eigenvalue weighted by Crippen LogP contribution is 2.30. The summed E-state index contributed by atoms with van der Waals surface area (Å²) in [5, 5.41) is 17.5. The zero-order valence-corrected chi connectivity index (χ0v) is 14.7. The number of carbonyl (C=O) groups is 1. The number of rotatable bonds is 6. The normalized spacial score (nSPS) is 16.0. The quantitative estimate of drug-likeness (QED) is 0.845. The van der Waals surface area contributed by atoms with E-state index in [1.54, 1.807) is 19.4 Å². The first-order chi connectivity index (χ1) is 12.1. The number of aliphatic hydroxyl groups excluding tert-OH is 1. The van der Waals surface area contributed by atoms with Crippen molar-refractivity contribution in [2.24, 2.45) is 0 Å². The molecule has 1 amide bonds. The van der Waals surface area contributed by atoms with Crippen molar-refractivity contribution in [1.29, 1.82) is 0 Å². The first kappa shape index (κ1) is 17.5. The Labute approximate surface area is 147 Å². The van der Waals surface area contributed by atoms with Crippen molar-refractivity contribution in [3.8, 4) is 5.75 Å². The highest BCUT2D eigenvalue weighted by molar-refractivity contribution is 5.95. The molecule has 1 heterocycles. The molecule has 6 heteroatoms. The Morgan fingerprint density at radius 1 is 1.44 bits per heavy atom. The van der Waals surface area contributed by atoms with Crippen LogP contribution in [0.1, 0.15) is 59.4 Å². The summed E-state index contributed by atoms with van der Waals surface area (Å²) in [5.41, 5.74) is 2.17. The van der Waals surface area contributed by atoms with Gasteiger partial charge in [-0.25, -0.2) is 0 Å². The van der Waals surface area contributed by atoms with E-state index in [9.17, 15) is 9.90 Å². The molecule has 2 aromatic rings. The van der Waals surface area contributed by atoms with Crippen molar-refractivity contribution in [3.63, 3.8) is 0 Å². The van der Waals surface area contributed by atoms with Gasteiger partial charge < -0.3 is 15.2 Å². The summed E-state index contributed by atoms with van der Waals surface area (Å²) in [5.74, 6) is 0.472. The Kier molecular flexibility index (Phi) is 5.38. The van der Waals surface area contributed by atoms with Crippen molar-refractivity contribution in [2.75, 3.05) is 13.7 Å². The van der Waals surface area contributed by atoms with Crippen LogP contribution in [0.4, 0.5) is 0 Å². The van der Waals surface area contributed by atoms with Crippen LogP contribution in [0.25, 0.3) is 0 Å². The molecule has 0 aliphatic heterocycles. The minimum absolute atomic E-state index is 0.139. The molecule has 6 nitrogen and oxygen atoms in total. The summed E-state index contributed by atoms with van der Waals surface area (Å²) >= 11 is 0. The van der Waals surface area contributed by atoms with E-state index in [-0.39, 0.29) is 12.5 Å². The number of hydrogen-bond donors (Lipinski definition) is 2. The van der Waals surface area contributed by atoms with Gasteiger partial charge in [-0.05, 0) is 37.5 Å². The summed E-state index contributed by atoms with van der Waals surface area (Å²) in [7, 11) is 1.58. The molecular formula is C19H25N3O3. The predicted octanol–water partition coefficient (Wildman–Crippen LogP) is 2.78. The molecule has 0 bridgehead atoms. The number of hydrogen-bond acceptors (Lipinski definition) is 4. The largest absolute Gasteiger partial charge is 0.497 e. The van der Waals surface area contributed by atoms with Gasteiger partial charge in [0, 0.05) is 12.2 Å². The molecule has 1 aliphatic rings. The van der Waals surface area contributed by atoms with Gasteiger partial charge >= 0.3 is 0 Å². The zero-order valence-electron chi connectivity index (χ0n) is 14.7. The third-order valence-corrected chi connectivity index (χ3v) is 4.89. The zero-order chi connectivity index (χ0) is 17.8. The summed E-state index contributed by atoms with van der Waals surface area (Å²) < 4.78 is 7.13. The van der Waals surface area contributed by atoms with E-state index >= 15 is 0 Å². The van der Waals surface area contributed by atoms with Gasteiger partial charge in [-0.3, -0.25) is 9.48 Å². The Balaban J connectivity index is 1.62. The van der Waals surface area contributed by atoms with E-state index < -0.39 is 6.10 Å². The van der Waals surface area contributed by atoms with Crippen LogP contribution in [0.5, 0.6) is 5.75 Å². The van der Waals surface area contributed by atoms with Crippen molar-refractivity contribution in [1.82, 2.24) is 15.1 Å². The lowest BCUT2D eigenvalue weighted by Gasteiger charge is -2.14. The van der Waals surface area contributed by atoms with Crippen molar-refractivity contribution in [2.45, 2.75) is 44.8 Å². The maximum Gasteiger partial charge on any atom is 0.254 e. The molecule has 134 valence electrons. The fourth-order valence-electron chi connectivity index (χ4n) is 3.41. The molecule has 1 aliphatic carbocycles. The molecular weight excluding hydrogens is 318 g/mol. The first-order valence-corrected chi connectivity index (χ1v) is 8.74. The van der Waals surface area contributed by atoms with Crippen LogP contribution < -0.4 is 10.1 Å².